The van der Waals surface area contributed by atoms with Crippen molar-refractivity contribution in [1.29, 1.82) is 0 Å². The summed E-state index contributed by atoms with van der Waals surface area (Å²) in [6, 6.07) is 51.1. The molecule has 0 aliphatic heterocycles. The Morgan fingerprint density at radius 2 is 1.49 bits per heavy atom. The molecule has 1 radical (unpaired) electrons. The van der Waals surface area contributed by atoms with E-state index in [-0.39, 0.29) is 26.0 Å². The molecule has 0 bridgehead atoms. The molecule has 0 aliphatic rings. The van der Waals surface area contributed by atoms with E-state index in [1.54, 1.807) is 12.1 Å². The van der Waals surface area contributed by atoms with E-state index in [9.17, 15) is 0 Å². The fourth-order valence-corrected chi connectivity index (χ4v) is 8.28. The molecule has 0 saturated carbocycles. The minimum Gasteiger partial charge on any atom is 0 e. The second kappa shape index (κ2) is 15.7. The molecule has 51 heavy (non-hydrogen) atoms. The van der Waals surface area contributed by atoms with Crippen LogP contribution in [-0.2, 0) is 20.1 Å². The third-order valence-electron chi connectivity index (χ3n) is 9.10. The van der Waals surface area contributed by atoms with Crippen molar-refractivity contribution in [2.24, 2.45) is 0 Å². The van der Waals surface area contributed by atoms with Gasteiger partial charge in [-0.15, -0.1) is 18.2 Å². The summed E-state index contributed by atoms with van der Waals surface area (Å²) >= 11 is -1.83. The number of furan rings is 1. The largest absolute Gasteiger partial charge is 0 e. The smallest absolute Gasteiger partial charge is 0 e. The van der Waals surface area contributed by atoms with E-state index in [0.29, 0.717) is 5.56 Å². The molecule has 1 unspecified atom stereocenters. The molecule has 0 aliphatic carbocycles. The van der Waals surface area contributed by atoms with Gasteiger partial charge in [-0.2, -0.15) is 0 Å². The van der Waals surface area contributed by atoms with E-state index >= 15 is 0 Å². The summed E-state index contributed by atoms with van der Waals surface area (Å²) in [5, 5.41) is 2.19. The quantitative estimate of drug-likeness (QED) is 0.123. The number of aryl methyl sites for hydroxylation is 1. The molecule has 5 aromatic carbocycles. The first-order valence-corrected chi connectivity index (χ1v) is 24.2. The maximum absolute atomic E-state index is 7.35. The second-order valence-corrected chi connectivity index (χ2v) is 24.2. The van der Waals surface area contributed by atoms with Gasteiger partial charge in [0.05, 0.1) is 5.58 Å². The molecule has 3 heterocycles. The summed E-state index contributed by atoms with van der Waals surface area (Å²) in [5.41, 5.74) is 10.3. The molecule has 0 saturated heterocycles. The van der Waals surface area contributed by atoms with Crippen molar-refractivity contribution in [2.45, 2.75) is 37.0 Å². The molecule has 255 valence electrons. The topological polar surface area (TPSA) is 38.9 Å². The van der Waals surface area contributed by atoms with Crippen LogP contribution in [0.1, 0.15) is 33.6 Å². The third-order valence-corrected chi connectivity index (χ3v) is 13.4. The Hall–Kier alpha value is -4.61. The van der Waals surface area contributed by atoms with Gasteiger partial charge in [-0.3, -0.25) is 0 Å². The number of benzene rings is 5. The van der Waals surface area contributed by atoms with Crippen LogP contribution in [0.3, 0.4) is 0 Å². The molecule has 0 spiro atoms. The Labute approximate surface area is 321 Å². The number of pyridine rings is 2. The standard InChI is InChI=1S/C31H22NO.C15H18GeN.Ir/c1-21(22-9-4-2-5-10-22)24-17-18-32-29(19-24)28-14-8-13-27-26-16-15-25(20-30(26)33-31(27)28)23-11-6-3-7-12-23;1-12-5-7-13(8-6-12)15-10-9-14(11-17-15)16(2,3)4;/h2-13,15-21H,1H3;5-7,9-11H,1-4H3;/q2*-1;/i;1D3;. The molecule has 1 atom stereocenters. The van der Waals surface area contributed by atoms with E-state index in [2.05, 4.69) is 143 Å². The van der Waals surface area contributed by atoms with E-state index in [4.69, 9.17) is 8.53 Å². The minimum atomic E-state index is -2.08. The van der Waals surface area contributed by atoms with Crippen LogP contribution in [0, 0.1) is 19.0 Å². The predicted octanol–water partition coefficient (Wildman–Crippen LogP) is 11.7. The number of nitrogens with zero attached hydrogens (tertiary/aromatic N) is 2. The van der Waals surface area contributed by atoms with Crippen LogP contribution in [0.2, 0.25) is 17.3 Å². The summed E-state index contributed by atoms with van der Waals surface area (Å²) in [4.78, 5) is 9.16. The van der Waals surface area contributed by atoms with Crippen molar-refractivity contribution in [3.8, 4) is 33.6 Å². The van der Waals surface area contributed by atoms with Gasteiger partial charge in [0.25, 0.3) is 0 Å². The van der Waals surface area contributed by atoms with E-state index < -0.39 is 20.1 Å². The first-order chi connectivity index (χ1) is 25.5. The van der Waals surface area contributed by atoms with Crippen molar-refractivity contribution >= 4 is 39.6 Å². The number of fused-ring (bicyclic) bond motifs is 3. The number of aromatic nitrogens is 2. The van der Waals surface area contributed by atoms with Gasteiger partial charge in [0.1, 0.15) is 5.58 Å². The van der Waals surface area contributed by atoms with E-state index in [1.807, 2.05) is 30.6 Å². The summed E-state index contributed by atoms with van der Waals surface area (Å²) in [7, 11) is 0. The maximum Gasteiger partial charge on any atom is 0 e. The fraction of sp³-hybridized carbons (Fsp3) is 0.130. The molecular formula is C46H40GeIrN2O-2. The molecule has 0 amide bonds. The van der Waals surface area contributed by atoms with Gasteiger partial charge in [-0.25, -0.2) is 0 Å². The van der Waals surface area contributed by atoms with Crippen molar-refractivity contribution in [3.05, 3.63) is 175 Å². The zero-order chi connectivity index (χ0) is 37.2. The summed E-state index contributed by atoms with van der Waals surface area (Å²) < 4.78 is 29.8. The van der Waals surface area contributed by atoms with Gasteiger partial charge in [0, 0.05) is 37.6 Å². The van der Waals surface area contributed by atoms with Crippen LogP contribution in [-0.4, -0.2) is 23.2 Å². The molecule has 3 aromatic heterocycles. The van der Waals surface area contributed by atoms with Crippen molar-refractivity contribution in [3.63, 3.8) is 0 Å². The zero-order valence-corrected chi connectivity index (χ0v) is 33.6. The van der Waals surface area contributed by atoms with Crippen molar-refractivity contribution in [1.82, 2.24) is 9.97 Å². The normalized spacial score (nSPS) is 12.9. The Morgan fingerprint density at radius 1 is 0.706 bits per heavy atom. The van der Waals surface area contributed by atoms with E-state index in [1.165, 1.54) is 27.2 Å². The average molecular weight is 905 g/mol. The van der Waals surface area contributed by atoms with Crippen LogP contribution in [0.15, 0.2) is 150 Å². The summed E-state index contributed by atoms with van der Waals surface area (Å²) in [6.45, 7) is 0.150. The SMILES string of the molecule is CC(c1ccccc1)c1ccnc(-c2[c-]ccc3c2oc2cc(-c4ccccc4)ccc23)c1.[2H]C([2H])([2H])c1c[c-]c(-c2cc[c]([Ge]([CH3])([CH3])[CH3])cn2)cc1.[Ir]. The molecule has 0 fully saturated rings. The van der Waals surface area contributed by atoms with Crippen LogP contribution in [0.5, 0.6) is 0 Å². The van der Waals surface area contributed by atoms with Crippen LogP contribution in [0.25, 0.3) is 55.6 Å². The van der Waals surface area contributed by atoms with Gasteiger partial charge in [0.15, 0.2) is 0 Å². The third kappa shape index (κ3) is 8.15. The molecule has 3 nitrogen and oxygen atoms in total. The second-order valence-electron chi connectivity index (χ2n) is 13.6. The molecule has 8 aromatic rings. The van der Waals surface area contributed by atoms with Crippen LogP contribution >= 0.6 is 0 Å². The predicted molar refractivity (Wildman–Crippen MR) is 211 cm³/mol. The van der Waals surface area contributed by atoms with Crippen molar-refractivity contribution < 1.29 is 28.6 Å². The molecular weight excluding hydrogens is 861 g/mol. The first kappa shape index (κ1) is 32.3. The Kier molecular flexibility index (Phi) is 9.97. The van der Waals surface area contributed by atoms with Crippen LogP contribution in [0.4, 0.5) is 0 Å². The maximum atomic E-state index is 7.35. The van der Waals surface area contributed by atoms with Gasteiger partial charge < -0.3 is 9.40 Å². The fourth-order valence-electron chi connectivity index (χ4n) is 6.11. The molecule has 5 heteroatoms. The van der Waals surface area contributed by atoms with Gasteiger partial charge in [-0.1, -0.05) is 96.7 Å². The Bertz CT molecular complexity index is 2420. The first-order valence-electron chi connectivity index (χ1n) is 18.4. The number of hydrogen-bond donors (Lipinski definition) is 0. The van der Waals surface area contributed by atoms with Crippen molar-refractivity contribution in [2.75, 3.05) is 0 Å². The van der Waals surface area contributed by atoms with E-state index in [0.717, 1.165) is 50.0 Å². The van der Waals surface area contributed by atoms with Gasteiger partial charge in [0.2, 0.25) is 0 Å². The van der Waals surface area contributed by atoms with Gasteiger partial charge in [-0.05, 0) is 40.1 Å². The Morgan fingerprint density at radius 3 is 2.18 bits per heavy atom. The van der Waals surface area contributed by atoms with Gasteiger partial charge >= 0.3 is 110 Å². The monoisotopic (exact) mass is 906 g/mol. The Balaban J connectivity index is 0.000000205. The average Bonchev–Trinajstić information content (AvgIpc) is 3.56. The minimum absolute atomic E-state index is 0. The number of hydrogen-bond acceptors (Lipinski definition) is 3. The zero-order valence-electron chi connectivity index (χ0n) is 32.1. The summed E-state index contributed by atoms with van der Waals surface area (Å²) in [6.07, 6.45) is 3.83. The molecule has 0 N–H and O–H groups in total. The summed E-state index contributed by atoms with van der Waals surface area (Å²) in [5.74, 6) is 7.26. The number of rotatable bonds is 6. The van der Waals surface area contributed by atoms with Crippen LogP contribution < -0.4 is 4.40 Å². The molecule has 8 rings (SSSR count).